The molecular weight excluding hydrogens is 274 g/mol. The highest BCUT2D eigenvalue weighted by molar-refractivity contribution is 7.91. The van der Waals surface area contributed by atoms with Crippen LogP contribution in [0.5, 0.6) is 5.75 Å². The molecule has 0 amide bonds. The minimum absolute atomic E-state index is 0.0681. The average molecular weight is 295 g/mol. The third-order valence-corrected chi connectivity index (χ3v) is 6.16. The Labute approximate surface area is 120 Å². The summed E-state index contributed by atoms with van der Waals surface area (Å²) < 4.78 is 23.4. The van der Waals surface area contributed by atoms with Crippen molar-refractivity contribution in [2.24, 2.45) is 0 Å². The van der Waals surface area contributed by atoms with E-state index in [-0.39, 0.29) is 17.8 Å². The number of hydrogen-bond donors (Lipinski definition) is 2. The molecule has 2 N–H and O–H groups in total. The Morgan fingerprint density at radius 3 is 2.85 bits per heavy atom. The first-order valence-corrected chi connectivity index (χ1v) is 9.14. The van der Waals surface area contributed by atoms with E-state index in [1.54, 1.807) is 6.07 Å². The summed E-state index contributed by atoms with van der Waals surface area (Å²) in [7, 11) is -2.87. The highest BCUT2D eigenvalue weighted by atomic mass is 32.2. The summed E-state index contributed by atoms with van der Waals surface area (Å²) in [5.41, 5.74) is 2.41. The molecule has 2 unspecified atom stereocenters. The van der Waals surface area contributed by atoms with Crippen molar-refractivity contribution < 1.29 is 13.5 Å². The fraction of sp³-hybridized carbons (Fsp3) is 0.600. The predicted octanol–water partition coefficient (Wildman–Crippen LogP) is 1.94. The number of phenolic OH excluding ortho intramolecular Hbond substituents is 1. The van der Waals surface area contributed by atoms with Crippen LogP contribution in [-0.4, -0.2) is 31.1 Å². The minimum atomic E-state index is -2.87. The fourth-order valence-electron chi connectivity index (χ4n) is 3.41. The second kappa shape index (κ2) is 5.37. The Hall–Kier alpha value is -1.07. The minimum Gasteiger partial charge on any atom is -0.508 e. The van der Waals surface area contributed by atoms with E-state index in [1.807, 2.05) is 12.1 Å². The number of hydrogen-bond acceptors (Lipinski definition) is 4. The summed E-state index contributed by atoms with van der Waals surface area (Å²) in [4.78, 5) is 0. The molecule has 0 bridgehead atoms. The van der Waals surface area contributed by atoms with Crippen LogP contribution in [0.3, 0.4) is 0 Å². The van der Waals surface area contributed by atoms with Gasteiger partial charge in [0.15, 0.2) is 9.84 Å². The first-order chi connectivity index (χ1) is 9.53. The van der Waals surface area contributed by atoms with Crippen LogP contribution in [0, 0.1) is 0 Å². The molecule has 0 spiro atoms. The monoisotopic (exact) mass is 295 g/mol. The molecule has 0 saturated carbocycles. The molecule has 1 aromatic carbocycles. The van der Waals surface area contributed by atoms with Crippen LogP contribution in [0.15, 0.2) is 18.2 Å². The van der Waals surface area contributed by atoms with Crippen molar-refractivity contribution in [3.8, 4) is 5.75 Å². The largest absolute Gasteiger partial charge is 0.508 e. The van der Waals surface area contributed by atoms with Crippen molar-refractivity contribution in [1.82, 2.24) is 5.32 Å². The normalized spacial score (nSPS) is 28.8. The van der Waals surface area contributed by atoms with Crippen molar-refractivity contribution in [1.29, 1.82) is 0 Å². The van der Waals surface area contributed by atoms with Crippen molar-refractivity contribution >= 4 is 9.84 Å². The van der Waals surface area contributed by atoms with Crippen LogP contribution < -0.4 is 5.32 Å². The molecule has 3 rings (SSSR count). The van der Waals surface area contributed by atoms with Gasteiger partial charge >= 0.3 is 0 Å². The number of sulfone groups is 1. The highest BCUT2D eigenvalue weighted by Gasteiger charge is 2.28. The van der Waals surface area contributed by atoms with Crippen molar-refractivity contribution in [2.45, 2.75) is 44.2 Å². The third kappa shape index (κ3) is 2.99. The Kier molecular flexibility index (Phi) is 3.73. The van der Waals surface area contributed by atoms with Gasteiger partial charge in [-0.1, -0.05) is 6.07 Å². The number of rotatable bonds is 2. The molecule has 1 aromatic rings. The Morgan fingerprint density at radius 1 is 1.20 bits per heavy atom. The second-order valence-electron chi connectivity index (χ2n) is 5.95. The zero-order chi connectivity index (χ0) is 14.2. The summed E-state index contributed by atoms with van der Waals surface area (Å²) in [6.07, 6.45) is 4.80. The molecule has 4 nitrogen and oxygen atoms in total. The molecule has 2 aliphatic rings. The number of aryl methyl sites for hydroxylation is 1. The number of aromatic hydroxyl groups is 1. The molecule has 1 aliphatic carbocycles. The van der Waals surface area contributed by atoms with Gasteiger partial charge in [0.2, 0.25) is 0 Å². The van der Waals surface area contributed by atoms with E-state index < -0.39 is 9.84 Å². The zero-order valence-corrected chi connectivity index (χ0v) is 12.3. The molecule has 20 heavy (non-hydrogen) atoms. The van der Waals surface area contributed by atoms with Gasteiger partial charge in [-0.15, -0.1) is 0 Å². The molecule has 0 aromatic heterocycles. The quantitative estimate of drug-likeness (QED) is 0.875. The van der Waals surface area contributed by atoms with Gasteiger partial charge in [-0.05, 0) is 55.4 Å². The van der Waals surface area contributed by atoms with Gasteiger partial charge in [0.1, 0.15) is 5.75 Å². The van der Waals surface area contributed by atoms with Gasteiger partial charge in [0.25, 0.3) is 0 Å². The maximum absolute atomic E-state index is 11.7. The number of phenols is 1. The molecule has 1 heterocycles. The average Bonchev–Trinajstić information content (AvgIpc) is 2.37. The van der Waals surface area contributed by atoms with Gasteiger partial charge in [-0.3, -0.25) is 0 Å². The maximum Gasteiger partial charge on any atom is 0.151 e. The number of nitrogens with one attached hydrogen (secondary N) is 1. The number of benzene rings is 1. The molecule has 0 radical (unpaired) electrons. The van der Waals surface area contributed by atoms with Crippen molar-refractivity contribution in [3.05, 3.63) is 29.3 Å². The Balaban J connectivity index is 1.76. The van der Waals surface area contributed by atoms with E-state index in [4.69, 9.17) is 0 Å². The van der Waals surface area contributed by atoms with Crippen LogP contribution in [0.25, 0.3) is 0 Å². The summed E-state index contributed by atoms with van der Waals surface area (Å²) in [6.45, 7) is 0. The maximum atomic E-state index is 11.7. The summed E-state index contributed by atoms with van der Waals surface area (Å²) in [6, 6.07) is 5.81. The van der Waals surface area contributed by atoms with Crippen LogP contribution in [0.1, 0.15) is 42.9 Å². The molecule has 2 atom stereocenters. The van der Waals surface area contributed by atoms with E-state index in [1.165, 1.54) is 11.1 Å². The summed E-state index contributed by atoms with van der Waals surface area (Å²) in [5, 5.41) is 13.1. The van der Waals surface area contributed by atoms with Gasteiger partial charge in [-0.2, -0.15) is 0 Å². The highest BCUT2D eigenvalue weighted by Crippen LogP contribution is 2.32. The van der Waals surface area contributed by atoms with E-state index in [2.05, 4.69) is 5.32 Å². The lowest BCUT2D eigenvalue weighted by Gasteiger charge is -2.32. The van der Waals surface area contributed by atoms with E-state index in [9.17, 15) is 13.5 Å². The predicted molar refractivity (Wildman–Crippen MR) is 78.6 cm³/mol. The van der Waals surface area contributed by atoms with E-state index in [0.717, 1.165) is 32.1 Å². The molecule has 1 aliphatic heterocycles. The van der Waals surface area contributed by atoms with Gasteiger partial charge in [-0.25, -0.2) is 8.42 Å². The Bertz CT molecular complexity index is 597. The lowest BCUT2D eigenvalue weighted by Crippen LogP contribution is -2.42. The Morgan fingerprint density at radius 2 is 2.05 bits per heavy atom. The van der Waals surface area contributed by atoms with Gasteiger partial charge in [0, 0.05) is 12.1 Å². The fourth-order valence-corrected chi connectivity index (χ4v) is 5.06. The zero-order valence-electron chi connectivity index (χ0n) is 11.5. The van der Waals surface area contributed by atoms with Crippen LogP contribution in [-0.2, 0) is 16.3 Å². The summed E-state index contributed by atoms with van der Waals surface area (Å²) >= 11 is 0. The third-order valence-electron chi connectivity index (χ3n) is 4.34. The first kappa shape index (κ1) is 13.9. The lowest BCUT2D eigenvalue weighted by molar-refractivity contribution is 0.385. The standard InChI is InChI=1S/C15H21NO3S/c17-13-6-7-14-11(9-13)3-1-5-15(14)16-12-4-2-8-20(18,19)10-12/h6-7,9,12,15-17H,1-5,8,10H2. The molecule has 5 heteroatoms. The smallest absolute Gasteiger partial charge is 0.151 e. The van der Waals surface area contributed by atoms with Gasteiger partial charge in [0.05, 0.1) is 11.5 Å². The van der Waals surface area contributed by atoms with Gasteiger partial charge < -0.3 is 10.4 Å². The molecule has 1 saturated heterocycles. The van der Waals surface area contributed by atoms with Crippen LogP contribution >= 0.6 is 0 Å². The van der Waals surface area contributed by atoms with Crippen molar-refractivity contribution in [2.75, 3.05) is 11.5 Å². The molecule has 110 valence electrons. The topological polar surface area (TPSA) is 66.4 Å². The second-order valence-corrected chi connectivity index (χ2v) is 8.18. The SMILES string of the molecule is O=S1(=O)CCCC(NC2CCCc3cc(O)ccc32)C1. The first-order valence-electron chi connectivity index (χ1n) is 7.32. The van der Waals surface area contributed by atoms with Crippen LogP contribution in [0.2, 0.25) is 0 Å². The molecule has 1 fully saturated rings. The van der Waals surface area contributed by atoms with E-state index in [0.29, 0.717) is 11.5 Å². The van der Waals surface area contributed by atoms with Crippen LogP contribution in [0.4, 0.5) is 0 Å². The lowest BCUT2D eigenvalue weighted by atomic mass is 9.87. The summed E-state index contributed by atoms with van der Waals surface area (Å²) in [5.74, 6) is 0.904. The number of fused-ring (bicyclic) bond motifs is 1. The molecular formula is C15H21NO3S. The van der Waals surface area contributed by atoms with Crippen molar-refractivity contribution in [3.63, 3.8) is 0 Å². The van der Waals surface area contributed by atoms with E-state index >= 15 is 0 Å².